The van der Waals surface area contributed by atoms with E-state index in [1.54, 1.807) is 4.57 Å². The summed E-state index contributed by atoms with van der Waals surface area (Å²) in [5.41, 5.74) is 6.01. The predicted octanol–water partition coefficient (Wildman–Crippen LogP) is 4.07. The summed E-state index contributed by atoms with van der Waals surface area (Å²) in [4.78, 5) is 4.15. The van der Waals surface area contributed by atoms with E-state index in [4.69, 9.17) is 5.73 Å². The molecular weight excluding hydrogens is 260 g/mol. The molecule has 2 rings (SSSR count). The number of halogens is 2. The maximum Gasteiger partial charge on any atom is 0.201 e. The van der Waals surface area contributed by atoms with Crippen LogP contribution in [0.2, 0.25) is 0 Å². The monoisotopic (exact) mass is 281 g/mol. The van der Waals surface area contributed by atoms with Crippen LogP contribution in [0.5, 0.6) is 0 Å². The molecule has 2 N–H and O–H groups in total. The summed E-state index contributed by atoms with van der Waals surface area (Å²) in [6.45, 7) is 10.2. The summed E-state index contributed by atoms with van der Waals surface area (Å²) in [5, 5.41) is 0. The van der Waals surface area contributed by atoms with Crippen molar-refractivity contribution in [2.75, 3.05) is 5.73 Å². The van der Waals surface area contributed by atoms with Gasteiger partial charge in [-0.05, 0) is 37.8 Å². The molecular formula is C15H21F2N3. The molecule has 0 spiro atoms. The van der Waals surface area contributed by atoms with E-state index in [-0.39, 0.29) is 16.9 Å². The number of anilines is 1. The number of rotatable bonds is 2. The average molecular weight is 281 g/mol. The highest BCUT2D eigenvalue weighted by atomic mass is 19.2. The van der Waals surface area contributed by atoms with Gasteiger partial charge >= 0.3 is 0 Å². The molecule has 0 saturated carbocycles. The summed E-state index contributed by atoms with van der Waals surface area (Å²) in [7, 11) is 0. The number of imidazole rings is 1. The van der Waals surface area contributed by atoms with Crippen molar-refractivity contribution in [3.05, 3.63) is 23.8 Å². The topological polar surface area (TPSA) is 43.8 Å². The molecule has 1 aromatic carbocycles. The van der Waals surface area contributed by atoms with Crippen molar-refractivity contribution in [2.24, 2.45) is 5.41 Å². The first kappa shape index (κ1) is 14.8. The van der Waals surface area contributed by atoms with Gasteiger partial charge in [-0.15, -0.1) is 0 Å². The lowest BCUT2D eigenvalue weighted by Crippen LogP contribution is -2.32. The van der Waals surface area contributed by atoms with Crippen LogP contribution < -0.4 is 5.73 Å². The van der Waals surface area contributed by atoms with Crippen LogP contribution in [0, 0.1) is 17.0 Å². The Morgan fingerprint density at radius 3 is 2.30 bits per heavy atom. The SMILES string of the molecule is CC(C)(C)CC(C)(C)n1c(N)nc2ccc(F)c(F)c21. The number of benzene rings is 1. The van der Waals surface area contributed by atoms with Gasteiger partial charge in [0.1, 0.15) is 5.52 Å². The number of nitrogens with two attached hydrogens (primary N) is 1. The number of aromatic nitrogens is 2. The number of fused-ring (bicyclic) bond motifs is 1. The van der Waals surface area contributed by atoms with Crippen molar-refractivity contribution in [3.63, 3.8) is 0 Å². The molecule has 0 radical (unpaired) electrons. The van der Waals surface area contributed by atoms with Gasteiger partial charge in [-0.25, -0.2) is 13.8 Å². The lowest BCUT2D eigenvalue weighted by Gasteiger charge is -2.34. The molecule has 2 aromatic rings. The second-order valence-corrected chi connectivity index (χ2v) is 7.08. The molecule has 0 fully saturated rings. The first-order chi connectivity index (χ1) is 9.03. The van der Waals surface area contributed by atoms with Crippen LogP contribution >= 0.6 is 0 Å². The van der Waals surface area contributed by atoms with Crippen LogP contribution in [0.4, 0.5) is 14.7 Å². The summed E-state index contributed by atoms with van der Waals surface area (Å²) in [5.74, 6) is -1.57. The zero-order valence-corrected chi connectivity index (χ0v) is 12.6. The molecule has 0 unspecified atom stereocenters. The lowest BCUT2D eigenvalue weighted by molar-refractivity contribution is 0.221. The number of nitrogen functional groups attached to an aromatic ring is 1. The van der Waals surface area contributed by atoms with E-state index in [2.05, 4.69) is 25.8 Å². The molecule has 20 heavy (non-hydrogen) atoms. The minimum Gasteiger partial charge on any atom is -0.369 e. The quantitative estimate of drug-likeness (QED) is 0.901. The Morgan fingerprint density at radius 2 is 1.75 bits per heavy atom. The van der Waals surface area contributed by atoms with E-state index in [1.807, 2.05) is 13.8 Å². The molecule has 110 valence electrons. The van der Waals surface area contributed by atoms with Crippen LogP contribution in [0.3, 0.4) is 0 Å². The minimum absolute atomic E-state index is 0.0241. The van der Waals surface area contributed by atoms with Gasteiger partial charge in [0.2, 0.25) is 5.95 Å². The highest BCUT2D eigenvalue weighted by molar-refractivity contribution is 5.79. The Hall–Kier alpha value is -1.65. The Balaban J connectivity index is 2.70. The molecule has 0 aliphatic rings. The van der Waals surface area contributed by atoms with E-state index in [1.165, 1.54) is 6.07 Å². The third-order valence-corrected chi connectivity index (χ3v) is 3.30. The number of hydrogen-bond donors (Lipinski definition) is 1. The molecule has 0 amide bonds. The van der Waals surface area contributed by atoms with Crippen LogP contribution in [-0.4, -0.2) is 9.55 Å². The molecule has 1 heterocycles. The second kappa shape index (κ2) is 4.43. The van der Waals surface area contributed by atoms with E-state index in [0.717, 1.165) is 12.5 Å². The molecule has 5 heteroatoms. The third kappa shape index (κ3) is 2.49. The molecule has 0 atom stereocenters. The summed E-state index contributed by atoms with van der Waals surface area (Å²) < 4.78 is 29.3. The highest BCUT2D eigenvalue weighted by Crippen LogP contribution is 2.37. The van der Waals surface area contributed by atoms with Gasteiger partial charge in [0.15, 0.2) is 11.6 Å². The zero-order chi connectivity index (χ0) is 15.3. The number of nitrogens with zero attached hydrogens (tertiary/aromatic N) is 2. The van der Waals surface area contributed by atoms with Crippen LogP contribution in [-0.2, 0) is 5.54 Å². The first-order valence-corrected chi connectivity index (χ1v) is 6.65. The largest absolute Gasteiger partial charge is 0.369 e. The minimum atomic E-state index is -0.895. The summed E-state index contributed by atoms with van der Waals surface area (Å²) >= 11 is 0. The van der Waals surface area contributed by atoms with Crippen molar-refractivity contribution in [3.8, 4) is 0 Å². The van der Waals surface area contributed by atoms with Gasteiger partial charge in [-0.3, -0.25) is 0 Å². The zero-order valence-electron chi connectivity index (χ0n) is 12.6. The lowest BCUT2D eigenvalue weighted by atomic mass is 9.81. The average Bonchev–Trinajstić information content (AvgIpc) is 2.58. The molecule has 3 nitrogen and oxygen atoms in total. The molecule has 0 aliphatic heterocycles. The van der Waals surface area contributed by atoms with Crippen molar-refractivity contribution >= 4 is 17.0 Å². The van der Waals surface area contributed by atoms with E-state index < -0.39 is 17.2 Å². The van der Waals surface area contributed by atoms with Gasteiger partial charge in [0.05, 0.1) is 5.52 Å². The maximum atomic E-state index is 14.1. The summed E-state index contributed by atoms with van der Waals surface area (Å²) in [6.07, 6.45) is 0.756. The van der Waals surface area contributed by atoms with Crippen molar-refractivity contribution in [1.29, 1.82) is 0 Å². The molecule has 0 bridgehead atoms. The van der Waals surface area contributed by atoms with Crippen LogP contribution in [0.15, 0.2) is 12.1 Å². The molecule has 1 aromatic heterocycles. The van der Waals surface area contributed by atoms with Gasteiger partial charge in [0, 0.05) is 5.54 Å². The van der Waals surface area contributed by atoms with Crippen molar-refractivity contribution < 1.29 is 8.78 Å². The Morgan fingerprint density at radius 1 is 1.15 bits per heavy atom. The second-order valence-electron chi connectivity index (χ2n) is 7.08. The van der Waals surface area contributed by atoms with Crippen molar-refractivity contribution in [1.82, 2.24) is 9.55 Å². The van der Waals surface area contributed by atoms with E-state index in [9.17, 15) is 8.78 Å². The molecule has 0 aliphatic carbocycles. The maximum absolute atomic E-state index is 14.1. The Labute approximate surface area is 117 Å². The van der Waals surface area contributed by atoms with Crippen molar-refractivity contribution in [2.45, 2.75) is 46.6 Å². The van der Waals surface area contributed by atoms with E-state index in [0.29, 0.717) is 5.52 Å². The fraction of sp³-hybridized carbons (Fsp3) is 0.533. The van der Waals surface area contributed by atoms with Crippen LogP contribution in [0.1, 0.15) is 41.0 Å². The fourth-order valence-corrected chi connectivity index (χ4v) is 3.11. The van der Waals surface area contributed by atoms with Gasteiger partial charge in [-0.1, -0.05) is 20.8 Å². The van der Waals surface area contributed by atoms with Gasteiger partial charge in [-0.2, -0.15) is 0 Å². The standard InChI is InChI=1S/C15H21F2N3/c1-14(2,3)8-15(4,5)20-12-10(19-13(20)18)7-6-9(16)11(12)17/h6-7H,8H2,1-5H3,(H2,18,19). The van der Waals surface area contributed by atoms with Gasteiger partial charge < -0.3 is 10.3 Å². The summed E-state index contributed by atoms with van der Waals surface area (Å²) in [6, 6.07) is 2.53. The third-order valence-electron chi connectivity index (χ3n) is 3.30. The molecule has 0 saturated heterocycles. The predicted molar refractivity (Wildman–Crippen MR) is 77.5 cm³/mol. The smallest absolute Gasteiger partial charge is 0.201 e. The van der Waals surface area contributed by atoms with E-state index >= 15 is 0 Å². The normalized spacial score (nSPS) is 13.2. The number of hydrogen-bond acceptors (Lipinski definition) is 2. The van der Waals surface area contributed by atoms with Crippen LogP contribution in [0.25, 0.3) is 11.0 Å². The first-order valence-electron chi connectivity index (χ1n) is 6.65. The Bertz CT molecular complexity index is 651. The fourth-order valence-electron chi connectivity index (χ4n) is 3.11. The Kier molecular flexibility index (Phi) is 3.27. The van der Waals surface area contributed by atoms with Gasteiger partial charge in [0.25, 0.3) is 0 Å². The highest BCUT2D eigenvalue weighted by Gasteiger charge is 2.31.